The molecule has 1 N–H and O–H groups in total. The van der Waals surface area contributed by atoms with E-state index in [2.05, 4.69) is 21.2 Å². The fourth-order valence-electron chi connectivity index (χ4n) is 2.14. The van der Waals surface area contributed by atoms with Crippen LogP contribution in [0.5, 0.6) is 0 Å². The highest BCUT2D eigenvalue weighted by Crippen LogP contribution is 2.15. The van der Waals surface area contributed by atoms with Gasteiger partial charge in [-0.3, -0.25) is 4.79 Å². The SMILES string of the molecule is O=C(OCc1ccc(Br)cc1)c1cccc(NC(=O)c2ccco2)c1. The number of esters is 1. The quantitative estimate of drug-likeness (QED) is 0.633. The fraction of sp³-hybridized carbons (Fsp3) is 0.0526. The van der Waals surface area contributed by atoms with Crippen molar-refractivity contribution in [1.29, 1.82) is 0 Å². The molecule has 1 aromatic heterocycles. The Morgan fingerprint density at radius 3 is 2.56 bits per heavy atom. The van der Waals surface area contributed by atoms with Crippen molar-refractivity contribution in [3.8, 4) is 0 Å². The second-order valence-corrected chi connectivity index (χ2v) is 6.13. The molecule has 0 saturated carbocycles. The number of furan rings is 1. The first-order chi connectivity index (χ1) is 12.1. The second-order valence-electron chi connectivity index (χ2n) is 5.21. The lowest BCUT2D eigenvalue weighted by molar-refractivity contribution is 0.0472. The number of halogens is 1. The van der Waals surface area contributed by atoms with E-state index in [1.165, 1.54) is 6.26 Å². The topological polar surface area (TPSA) is 68.5 Å². The molecule has 0 aliphatic rings. The predicted molar refractivity (Wildman–Crippen MR) is 96.4 cm³/mol. The molecule has 5 nitrogen and oxygen atoms in total. The van der Waals surface area contributed by atoms with E-state index in [0.29, 0.717) is 11.3 Å². The zero-order chi connectivity index (χ0) is 17.6. The summed E-state index contributed by atoms with van der Waals surface area (Å²) in [6.07, 6.45) is 1.42. The van der Waals surface area contributed by atoms with Crippen LogP contribution in [0.15, 0.2) is 75.8 Å². The Kier molecular flexibility index (Phi) is 5.30. The van der Waals surface area contributed by atoms with Gasteiger partial charge in [0.1, 0.15) is 6.61 Å². The Hall–Kier alpha value is -2.86. The summed E-state index contributed by atoms with van der Waals surface area (Å²) >= 11 is 3.36. The van der Waals surface area contributed by atoms with Crippen LogP contribution in [0.2, 0.25) is 0 Å². The third-order valence-electron chi connectivity index (χ3n) is 3.38. The van der Waals surface area contributed by atoms with Crippen molar-refractivity contribution in [2.45, 2.75) is 6.61 Å². The van der Waals surface area contributed by atoms with Crippen LogP contribution in [0.25, 0.3) is 0 Å². The van der Waals surface area contributed by atoms with E-state index in [0.717, 1.165) is 10.0 Å². The normalized spacial score (nSPS) is 10.3. The molecule has 1 amide bonds. The maximum atomic E-state index is 12.2. The molecule has 0 unspecified atom stereocenters. The number of anilines is 1. The van der Waals surface area contributed by atoms with Gasteiger partial charge in [0.15, 0.2) is 5.76 Å². The lowest BCUT2D eigenvalue weighted by Gasteiger charge is -2.07. The minimum atomic E-state index is -0.461. The van der Waals surface area contributed by atoms with Crippen LogP contribution in [0, 0.1) is 0 Å². The van der Waals surface area contributed by atoms with Gasteiger partial charge in [0, 0.05) is 10.2 Å². The van der Waals surface area contributed by atoms with Crippen LogP contribution in [0.1, 0.15) is 26.5 Å². The van der Waals surface area contributed by atoms with Crippen LogP contribution in [0.4, 0.5) is 5.69 Å². The minimum absolute atomic E-state index is 0.176. The van der Waals surface area contributed by atoms with Gasteiger partial charge in [-0.1, -0.05) is 34.1 Å². The van der Waals surface area contributed by atoms with E-state index in [-0.39, 0.29) is 18.3 Å². The molecular weight excluding hydrogens is 386 g/mol. The fourth-order valence-corrected chi connectivity index (χ4v) is 2.40. The highest BCUT2D eigenvalue weighted by atomic mass is 79.9. The van der Waals surface area contributed by atoms with Crippen LogP contribution < -0.4 is 5.32 Å². The number of ether oxygens (including phenoxy) is 1. The highest BCUT2D eigenvalue weighted by molar-refractivity contribution is 9.10. The number of carbonyl (C=O) groups is 2. The van der Waals surface area contributed by atoms with E-state index in [1.807, 2.05) is 24.3 Å². The monoisotopic (exact) mass is 399 g/mol. The molecule has 3 rings (SSSR count). The van der Waals surface area contributed by atoms with Gasteiger partial charge in [0.2, 0.25) is 0 Å². The van der Waals surface area contributed by atoms with Gasteiger partial charge in [-0.05, 0) is 48.0 Å². The Balaban J connectivity index is 1.63. The van der Waals surface area contributed by atoms with Gasteiger partial charge in [-0.15, -0.1) is 0 Å². The Morgan fingerprint density at radius 1 is 1.04 bits per heavy atom. The summed E-state index contributed by atoms with van der Waals surface area (Å²) in [6.45, 7) is 0.176. The summed E-state index contributed by atoms with van der Waals surface area (Å²) in [5, 5.41) is 2.67. The molecule has 6 heteroatoms. The number of carbonyl (C=O) groups excluding carboxylic acids is 2. The summed E-state index contributed by atoms with van der Waals surface area (Å²) in [5.74, 6) is -0.648. The summed E-state index contributed by atoms with van der Waals surface area (Å²) in [6, 6.07) is 17.3. The van der Waals surface area contributed by atoms with E-state index in [4.69, 9.17) is 9.15 Å². The van der Waals surface area contributed by atoms with Crippen molar-refractivity contribution in [2.75, 3.05) is 5.32 Å². The number of nitrogens with one attached hydrogen (secondary N) is 1. The Labute approximate surface area is 152 Å². The largest absolute Gasteiger partial charge is 0.459 e. The van der Waals surface area contributed by atoms with Crippen LogP contribution >= 0.6 is 15.9 Å². The molecule has 2 aromatic carbocycles. The molecule has 3 aromatic rings. The Bertz CT molecular complexity index is 873. The maximum absolute atomic E-state index is 12.2. The van der Waals surface area contributed by atoms with Crippen LogP contribution in [-0.2, 0) is 11.3 Å². The molecule has 0 bridgehead atoms. The van der Waals surface area contributed by atoms with Gasteiger partial charge in [-0.2, -0.15) is 0 Å². The van der Waals surface area contributed by atoms with Gasteiger partial charge in [-0.25, -0.2) is 4.79 Å². The van der Waals surface area contributed by atoms with E-state index in [1.54, 1.807) is 36.4 Å². The molecule has 0 aliphatic heterocycles. The third kappa shape index (κ3) is 4.58. The number of hydrogen-bond donors (Lipinski definition) is 1. The zero-order valence-corrected chi connectivity index (χ0v) is 14.7. The van der Waals surface area contributed by atoms with Gasteiger partial charge in [0.05, 0.1) is 11.8 Å². The third-order valence-corrected chi connectivity index (χ3v) is 3.91. The summed E-state index contributed by atoms with van der Waals surface area (Å²) in [5.41, 5.74) is 1.73. The smallest absolute Gasteiger partial charge is 0.338 e. The molecule has 0 atom stereocenters. The molecule has 0 fully saturated rings. The minimum Gasteiger partial charge on any atom is -0.459 e. The average molecular weight is 400 g/mol. The Morgan fingerprint density at radius 2 is 1.84 bits per heavy atom. The molecule has 25 heavy (non-hydrogen) atoms. The van der Waals surface area contributed by atoms with Gasteiger partial charge in [0.25, 0.3) is 5.91 Å². The highest BCUT2D eigenvalue weighted by Gasteiger charge is 2.12. The van der Waals surface area contributed by atoms with E-state index >= 15 is 0 Å². The average Bonchev–Trinajstić information content (AvgIpc) is 3.16. The predicted octanol–water partition coefficient (Wildman–Crippen LogP) is 4.65. The van der Waals surface area contributed by atoms with Gasteiger partial charge < -0.3 is 14.5 Å². The van der Waals surface area contributed by atoms with Crippen LogP contribution in [0.3, 0.4) is 0 Å². The standard InChI is InChI=1S/C19H14BrNO4/c20-15-8-6-13(7-9-15)12-25-19(23)14-3-1-4-16(11-14)21-18(22)17-5-2-10-24-17/h1-11H,12H2,(H,21,22). The summed E-state index contributed by atoms with van der Waals surface area (Å²) in [7, 11) is 0. The first-order valence-corrected chi connectivity index (χ1v) is 8.27. The number of hydrogen-bond acceptors (Lipinski definition) is 4. The zero-order valence-electron chi connectivity index (χ0n) is 13.1. The van der Waals surface area contributed by atoms with Crippen molar-refractivity contribution in [3.63, 3.8) is 0 Å². The molecule has 0 radical (unpaired) electrons. The molecule has 1 heterocycles. The van der Waals surface area contributed by atoms with Crippen molar-refractivity contribution in [2.24, 2.45) is 0 Å². The molecule has 0 spiro atoms. The van der Waals surface area contributed by atoms with Crippen molar-refractivity contribution in [1.82, 2.24) is 0 Å². The van der Waals surface area contributed by atoms with E-state index in [9.17, 15) is 9.59 Å². The van der Waals surface area contributed by atoms with Gasteiger partial charge >= 0.3 is 5.97 Å². The molecular formula is C19H14BrNO4. The van der Waals surface area contributed by atoms with Crippen molar-refractivity contribution < 1.29 is 18.7 Å². The maximum Gasteiger partial charge on any atom is 0.338 e. The molecule has 0 aliphatic carbocycles. The first kappa shape index (κ1) is 17.0. The summed E-state index contributed by atoms with van der Waals surface area (Å²) in [4.78, 5) is 24.2. The first-order valence-electron chi connectivity index (χ1n) is 7.48. The van der Waals surface area contributed by atoms with E-state index < -0.39 is 5.97 Å². The summed E-state index contributed by atoms with van der Waals surface area (Å²) < 4.78 is 11.3. The van der Waals surface area contributed by atoms with Crippen molar-refractivity contribution >= 4 is 33.5 Å². The molecule has 126 valence electrons. The van der Waals surface area contributed by atoms with Crippen LogP contribution in [-0.4, -0.2) is 11.9 Å². The molecule has 0 saturated heterocycles. The second kappa shape index (κ2) is 7.81. The number of rotatable bonds is 5. The van der Waals surface area contributed by atoms with Crippen molar-refractivity contribution in [3.05, 3.63) is 88.3 Å². The lowest BCUT2D eigenvalue weighted by Crippen LogP contribution is -2.12. The lowest BCUT2D eigenvalue weighted by atomic mass is 10.2. The number of amides is 1. The number of benzene rings is 2.